The molecule has 1 aliphatic carbocycles. The van der Waals surface area contributed by atoms with Crippen LogP contribution in [0.4, 0.5) is 0 Å². The molecule has 1 saturated carbocycles. The third-order valence-corrected chi connectivity index (χ3v) is 0.816. The Balaban J connectivity index is -0.0000000729. The second-order valence-electron chi connectivity index (χ2n) is 1.22. The second-order valence-corrected chi connectivity index (χ2v) is 1.22. The van der Waals surface area contributed by atoms with Gasteiger partial charge >= 0.3 is 0 Å². The molecule has 0 aromatic carbocycles. The van der Waals surface area contributed by atoms with E-state index in [0.29, 0.717) is 0 Å². The fourth-order valence-corrected chi connectivity index (χ4v) is 0.204. The van der Waals surface area contributed by atoms with Gasteiger partial charge in [-0.05, 0) is 27.6 Å². The van der Waals surface area contributed by atoms with E-state index in [9.17, 15) is 0 Å². The van der Waals surface area contributed by atoms with E-state index in [1.54, 1.807) is 0 Å². The maximum absolute atomic E-state index is 4.50. The Bertz CT molecular complexity index is 16.8. The van der Waals surface area contributed by atoms with E-state index in [2.05, 4.69) is 23.6 Å². The molecule has 3 nitrogen and oxygen atoms in total. The van der Waals surface area contributed by atoms with Crippen LogP contribution in [0.1, 0.15) is 19.3 Å². The van der Waals surface area contributed by atoms with Crippen molar-refractivity contribution in [2.75, 3.05) is 21.1 Å². The molecule has 10 heavy (non-hydrogen) atoms. The SMILES string of the molecule is CN.CN.CN.[CH]1CCC1. The summed E-state index contributed by atoms with van der Waals surface area (Å²) in [6.07, 6.45) is 6.50. The van der Waals surface area contributed by atoms with Crippen LogP contribution in [-0.2, 0) is 0 Å². The predicted molar refractivity (Wildman–Crippen MR) is 48.5 cm³/mol. The number of nitrogens with two attached hydrogens (primary N) is 3. The highest BCUT2D eigenvalue weighted by atomic mass is 14.4. The number of rotatable bonds is 0. The first-order valence-corrected chi connectivity index (χ1v) is 3.55. The van der Waals surface area contributed by atoms with Gasteiger partial charge in [-0.25, -0.2) is 0 Å². The van der Waals surface area contributed by atoms with Gasteiger partial charge in [0, 0.05) is 0 Å². The molecule has 1 aliphatic rings. The van der Waals surface area contributed by atoms with Crippen LogP contribution >= 0.6 is 0 Å². The predicted octanol–water partition coefficient (Wildman–Crippen LogP) is 0.0993. The fourth-order valence-electron chi connectivity index (χ4n) is 0.204. The highest BCUT2D eigenvalue weighted by Gasteiger charge is 1.95. The first-order chi connectivity index (χ1) is 5.00. The zero-order chi connectivity index (χ0) is 8.83. The van der Waals surface area contributed by atoms with E-state index < -0.39 is 0 Å². The van der Waals surface area contributed by atoms with Crippen molar-refractivity contribution in [1.29, 1.82) is 0 Å². The minimum absolute atomic E-state index is 1.38. The summed E-state index contributed by atoms with van der Waals surface area (Å²) >= 11 is 0. The number of hydrogen-bond acceptors (Lipinski definition) is 3. The quantitative estimate of drug-likeness (QED) is 0.456. The van der Waals surface area contributed by atoms with Gasteiger partial charge in [-0.2, -0.15) is 0 Å². The molecule has 0 aromatic rings. The minimum Gasteiger partial charge on any atom is -0.333 e. The van der Waals surface area contributed by atoms with E-state index >= 15 is 0 Å². The Hall–Kier alpha value is -0.120. The maximum Gasteiger partial charge on any atom is -0.0195 e. The van der Waals surface area contributed by atoms with Crippen LogP contribution in [-0.4, -0.2) is 21.1 Å². The molecule has 0 atom stereocenters. The molecular weight excluding hydrogens is 126 g/mol. The molecule has 0 aliphatic heterocycles. The third-order valence-electron chi connectivity index (χ3n) is 0.816. The molecule has 1 radical (unpaired) electrons. The van der Waals surface area contributed by atoms with Crippen LogP contribution in [0.5, 0.6) is 0 Å². The van der Waals surface area contributed by atoms with Gasteiger partial charge in [-0.1, -0.05) is 19.3 Å². The van der Waals surface area contributed by atoms with Crippen molar-refractivity contribution >= 4 is 0 Å². The molecule has 0 bridgehead atoms. The molecule has 0 heterocycles. The van der Waals surface area contributed by atoms with Crippen molar-refractivity contribution in [3.63, 3.8) is 0 Å². The molecule has 1 fully saturated rings. The van der Waals surface area contributed by atoms with Crippen molar-refractivity contribution in [3.05, 3.63) is 6.42 Å². The van der Waals surface area contributed by atoms with Crippen molar-refractivity contribution in [2.24, 2.45) is 17.2 Å². The van der Waals surface area contributed by atoms with Gasteiger partial charge in [0.1, 0.15) is 0 Å². The first kappa shape index (κ1) is 16.5. The Morgan fingerprint density at radius 1 is 0.800 bits per heavy atom. The van der Waals surface area contributed by atoms with Crippen LogP contribution in [0.3, 0.4) is 0 Å². The Kier molecular flexibility index (Phi) is 60.3. The monoisotopic (exact) mass is 148 g/mol. The van der Waals surface area contributed by atoms with E-state index in [1.165, 1.54) is 40.4 Å². The summed E-state index contributed by atoms with van der Waals surface area (Å²) in [5.41, 5.74) is 13.5. The summed E-state index contributed by atoms with van der Waals surface area (Å²) in [6.45, 7) is 0. The first-order valence-electron chi connectivity index (χ1n) is 3.55. The Morgan fingerprint density at radius 3 is 0.900 bits per heavy atom. The summed E-state index contributed by atoms with van der Waals surface area (Å²) in [7, 11) is 4.50. The maximum atomic E-state index is 4.50. The minimum atomic E-state index is 1.38. The number of hydrogen-bond donors (Lipinski definition) is 3. The average Bonchev–Trinajstić information content (AvgIpc) is 1.96. The smallest absolute Gasteiger partial charge is 0.0195 e. The van der Waals surface area contributed by atoms with Crippen LogP contribution < -0.4 is 17.2 Å². The van der Waals surface area contributed by atoms with Gasteiger partial charge in [-0.15, -0.1) is 0 Å². The van der Waals surface area contributed by atoms with Crippen LogP contribution in [0.25, 0.3) is 0 Å². The van der Waals surface area contributed by atoms with Crippen molar-refractivity contribution in [3.8, 4) is 0 Å². The summed E-state index contributed by atoms with van der Waals surface area (Å²) in [5, 5.41) is 0. The van der Waals surface area contributed by atoms with Crippen molar-refractivity contribution < 1.29 is 0 Å². The molecule has 0 amide bonds. The fraction of sp³-hybridized carbons (Fsp3) is 0.857. The molecule has 1 rings (SSSR count). The standard InChI is InChI=1S/C4H7.3CH5N/c1-2-4-3-1;3*1-2/h1H,2-4H2;3*2H2,1H3. The van der Waals surface area contributed by atoms with Crippen LogP contribution in [0.15, 0.2) is 0 Å². The van der Waals surface area contributed by atoms with Gasteiger partial charge in [0.05, 0.1) is 0 Å². The molecule has 6 N–H and O–H groups in total. The average molecular weight is 148 g/mol. The highest BCUT2D eigenvalue weighted by Crippen LogP contribution is 2.13. The van der Waals surface area contributed by atoms with E-state index in [-0.39, 0.29) is 0 Å². The van der Waals surface area contributed by atoms with Gasteiger partial charge in [0.15, 0.2) is 0 Å². The molecule has 0 saturated heterocycles. The summed E-state index contributed by atoms with van der Waals surface area (Å²) in [6, 6.07) is 0. The van der Waals surface area contributed by atoms with E-state index in [4.69, 9.17) is 0 Å². The van der Waals surface area contributed by atoms with Gasteiger partial charge in [0.25, 0.3) is 0 Å². The molecule has 0 unspecified atom stereocenters. The van der Waals surface area contributed by atoms with Crippen LogP contribution in [0, 0.1) is 6.42 Å². The van der Waals surface area contributed by atoms with E-state index in [0.717, 1.165) is 0 Å². The van der Waals surface area contributed by atoms with Gasteiger partial charge in [-0.3, -0.25) is 0 Å². The zero-order valence-corrected chi connectivity index (χ0v) is 7.43. The largest absolute Gasteiger partial charge is 0.333 e. The van der Waals surface area contributed by atoms with Gasteiger partial charge in [0.2, 0.25) is 0 Å². The Labute approximate surface area is 65.0 Å². The molecule has 3 heteroatoms. The molecule has 0 aromatic heterocycles. The van der Waals surface area contributed by atoms with E-state index in [1.807, 2.05) is 0 Å². The van der Waals surface area contributed by atoms with Crippen LogP contribution in [0.2, 0.25) is 0 Å². The lowest BCUT2D eigenvalue weighted by atomic mass is 10.0. The van der Waals surface area contributed by atoms with Crippen molar-refractivity contribution in [1.82, 2.24) is 0 Å². The third kappa shape index (κ3) is 24.8. The highest BCUT2D eigenvalue weighted by molar-refractivity contribution is 4.74. The molecule has 65 valence electrons. The summed E-state index contributed by atoms with van der Waals surface area (Å²) < 4.78 is 0. The molecule has 0 spiro atoms. The lowest BCUT2D eigenvalue weighted by Gasteiger charge is -2.05. The van der Waals surface area contributed by atoms with Gasteiger partial charge < -0.3 is 17.2 Å². The van der Waals surface area contributed by atoms with Crippen molar-refractivity contribution in [2.45, 2.75) is 19.3 Å². The summed E-state index contributed by atoms with van der Waals surface area (Å²) in [5.74, 6) is 0. The lowest BCUT2D eigenvalue weighted by Crippen LogP contribution is -1.87. The molecular formula is C7H22N3. The summed E-state index contributed by atoms with van der Waals surface area (Å²) in [4.78, 5) is 0. The Morgan fingerprint density at radius 2 is 0.900 bits per heavy atom. The lowest BCUT2D eigenvalue weighted by molar-refractivity contribution is 0.652. The second kappa shape index (κ2) is 36.6. The normalized spacial score (nSPS) is 11.4. The topological polar surface area (TPSA) is 78.1 Å². The zero-order valence-electron chi connectivity index (χ0n) is 7.43.